The largest absolute Gasteiger partial charge is 0.465 e. The Labute approximate surface area is 99.4 Å². The van der Waals surface area contributed by atoms with E-state index in [9.17, 15) is 4.79 Å². The smallest absolute Gasteiger partial charge is 0.315 e. The molecule has 16 heavy (non-hydrogen) atoms. The quantitative estimate of drug-likeness (QED) is 0.465. The third-order valence-electron chi connectivity index (χ3n) is 3.41. The molecule has 5 heteroatoms. The van der Waals surface area contributed by atoms with Crippen molar-refractivity contribution < 1.29 is 14.7 Å². The van der Waals surface area contributed by atoms with Crippen molar-refractivity contribution in [3.63, 3.8) is 0 Å². The summed E-state index contributed by atoms with van der Waals surface area (Å²) in [6.07, 6.45) is 3.46. The number of hydrogen-bond donors (Lipinski definition) is 1. The molecule has 2 aliphatic rings. The van der Waals surface area contributed by atoms with E-state index in [-0.39, 0.29) is 11.2 Å². The number of esters is 1. The number of thioether (sulfide) groups is 1. The van der Waals surface area contributed by atoms with Gasteiger partial charge in [0.15, 0.2) is 0 Å². The highest BCUT2D eigenvalue weighted by molar-refractivity contribution is 8.01. The van der Waals surface area contributed by atoms with Crippen molar-refractivity contribution >= 4 is 23.4 Å². The molecule has 3 unspecified atom stereocenters. The number of carbonyl (C=O) groups is 1. The lowest BCUT2D eigenvalue weighted by atomic mass is 9.98. The first-order valence-corrected chi connectivity index (χ1v) is 6.80. The van der Waals surface area contributed by atoms with Crippen LogP contribution in [0.5, 0.6) is 0 Å². The van der Waals surface area contributed by atoms with Crippen LogP contribution in [0.2, 0.25) is 0 Å². The van der Waals surface area contributed by atoms with Crippen LogP contribution in [-0.4, -0.2) is 34.5 Å². The molecule has 2 aliphatic carbocycles. The molecule has 0 amide bonds. The highest BCUT2D eigenvalue weighted by Crippen LogP contribution is 2.47. The number of carbonyl (C=O) groups excluding carboxylic acids is 1. The van der Waals surface area contributed by atoms with E-state index in [0.717, 1.165) is 18.6 Å². The Balaban J connectivity index is 1.87. The molecule has 0 aromatic heterocycles. The van der Waals surface area contributed by atoms with E-state index >= 15 is 0 Å². The lowest BCUT2D eigenvalue weighted by molar-refractivity contribution is -0.139. The number of hydrogen-bond acceptors (Lipinski definition) is 5. The zero-order valence-electron chi connectivity index (χ0n) is 9.39. The van der Waals surface area contributed by atoms with Gasteiger partial charge in [-0.15, -0.1) is 11.8 Å². The van der Waals surface area contributed by atoms with Gasteiger partial charge in [0.2, 0.25) is 0 Å². The van der Waals surface area contributed by atoms with E-state index in [1.165, 1.54) is 6.42 Å². The molecule has 2 saturated carbocycles. The molecular weight excluding hydrogens is 226 g/mol. The number of nitrogens with zero attached hydrogens (tertiary/aromatic N) is 1. The number of rotatable bonds is 4. The first-order valence-electron chi connectivity index (χ1n) is 5.75. The fourth-order valence-electron chi connectivity index (χ4n) is 2.75. The molecule has 0 heterocycles. The Bertz CT molecular complexity index is 306. The zero-order valence-corrected chi connectivity index (χ0v) is 10.2. The van der Waals surface area contributed by atoms with Crippen LogP contribution in [0.15, 0.2) is 5.16 Å². The summed E-state index contributed by atoms with van der Waals surface area (Å²) in [7, 11) is 0. The summed E-state index contributed by atoms with van der Waals surface area (Å²) in [5.41, 5.74) is 0.894. The minimum absolute atomic E-state index is 0.174. The predicted molar refractivity (Wildman–Crippen MR) is 62.9 cm³/mol. The van der Waals surface area contributed by atoms with Crippen molar-refractivity contribution in [2.75, 3.05) is 12.4 Å². The molecular formula is C11H17NO3S. The highest BCUT2D eigenvalue weighted by atomic mass is 32.2. The van der Waals surface area contributed by atoms with Gasteiger partial charge in [0.25, 0.3) is 0 Å². The van der Waals surface area contributed by atoms with Crippen molar-refractivity contribution in [2.24, 2.45) is 17.0 Å². The second-order valence-electron chi connectivity index (χ2n) is 4.33. The molecule has 90 valence electrons. The zero-order chi connectivity index (χ0) is 11.5. The van der Waals surface area contributed by atoms with Crippen molar-refractivity contribution in [3.8, 4) is 0 Å². The Morgan fingerprint density at radius 3 is 3.12 bits per heavy atom. The minimum Gasteiger partial charge on any atom is -0.465 e. The first kappa shape index (κ1) is 11.8. The van der Waals surface area contributed by atoms with Gasteiger partial charge in [0.1, 0.15) is 0 Å². The van der Waals surface area contributed by atoms with Crippen LogP contribution in [0.4, 0.5) is 0 Å². The third kappa shape index (κ3) is 2.19. The van der Waals surface area contributed by atoms with E-state index in [1.54, 1.807) is 18.7 Å². The summed E-state index contributed by atoms with van der Waals surface area (Å²) in [6.45, 7) is 2.23. The molecule has 3 atom stereocenters. The Hall–Kier alpha value is -0.710. The average Bonchev–Trinajstić information content (AvgIpc) is 2.86. The van der Waals surface area contributed by atoms with Crippen molar-refractivity contribution in [2.45, 2.75) is 31.4 Å². The van der Waals surface area contributed by atoms with E-state index in [1.807, 2.05) is 0 Å². The lowest BCUT2D eigenvalue weighted by Crippen LogP contribution is -2.26. The van der Waals surface area contributed by atoms with Crippen molar-refractivity contribution in [1.29, 1.82) is 0 Å². The number of oxime groups is 1. The normalized spacial score (nSPS) is 34.6. The van der Waals surface area contributed by atoms with Crippen molar-refractivity contribution in [3.05, 3.63) is 0 Å². The Kier molecular flexibility index (Phi) is 3.74. The Morgan fingerprint density at radius 2 is 2.44 bits per heavy atom. The summed E-state index contributed by atoms with van der Waals surface area (Å²) in [5, 5.41) is 12.6. The molecule has 0 aliphatic heterocycles. The van der Waals surface area contributed by atoms with Gasteiger partial charge in [-0.05, 0) is 32.1 Å². The summed E-state index contributed by atoms with van der Waals surface area (Å²) in [6, 6.07) is 0. The van der Waals surface area contributed by atoms with E-state index in [4.69, 9.17) is 9.94 Å². The van der Waals surface area contributed by atoms with Gasteiger partial charge in [0.05, 0.1) is 23.3 Å². The van der Waals surface area contributed by atoms with Gasteiger partial charge in [-0.1, -0.05) is 5.16 Å². The molecule has 0 spiro atoms. The fourth-order valence-corrected chi connectivity index (χ4v) is 4.08. The summed E-state index contributed by atoms with van der Waals surface area (Å²) >= 11 is 1.56. The molecule has 2 bridgehead atoms. The van der Waals surface area contributed by atoms with Crippen LogP contribution >= 0.6 is 11.8 Å². The lowest BCUT2D eigenvalue weighted by Gasteiger charge is -2.21. The molecule has 0 aromatic rings. The molecule has 2 rings (SSSR count). The molecule has 4 nitrogen and oxygen atoms in total. The van der Waals surface area contributed by atoms with Crippen LogP contribution in [-0.2, 0) is 9.53 Å². The second kappa shape index (κ2) is 5.08. The van der Waals surface area contributed by atoms with Crippen LogP contribution in [0.3, 0.4) is 0 Å². The highest BCUT2D eigenvalue weighted by Gasteiger charge is 2.45. The van der Waals surface area contributed by atoms with Crippen LogP contribution in [0.25, 0.3) is 0 Å². The maximum Gasteiger partial charge on any atom is 0.315 e. The Morgan fingerprint density at radius 1 is 1.62 bits per heavy atom. The fraction of sp³-hybridized carbons (Fsp3) is 0.818. The monoisotopic (exact) mass is 243 g/mol. The SMILES string of the molecule is CCOC(=O)CSC1/C(=N\O)C2CCC1C2. The number of fused-ring (bicyclic) bond motifs is 2. The van der Waals surface area contributed by atoms with Gasteiger partial charge < -0.3 is 9.94 Å². The maximum absolute atomic E-state index is 11.3. The topological polar surface area (TPSA) is 58.9 Å². The molecule has 2 fully saturated rings. The molecule has 1 N–H and O–H groups in total. The predicted octanol–water partition coefficient (Wildman–Crippen LogP) is 1.91. The maximum atomic E-state index is 11.3. The first-order chi connectivity index (χ1) is 7.76. The second-order valence-corrected chi connectivity index (χ2v) is 5.46. The van der Waals surface area contributed by atoms with Gasteiger partial charge in [-0.3, -0.25) is 4.79 Å². The average molecular weight is 243 g/mol. The molecule has 0 saturated heterocycles. The van der Waals surface area contributed by atoms with Crippen molar-refractivity contribution in [1.82, 2.24) is 0 Å². The van der Waals surface area contributed by atoms with Crippen LogP contribution in [0, 0.1) is 11.8 Å². The van der Waals surface area contributed by atoms with Gasteiger partial charge in [-0.25, -0.2) is 0 Å². The van der Waals surface area contributed by atoms with Gasteiger partial charge in [0, 0.05) is 5.92 Å². The van der Waals surface area contributed by atoms with E-state index in [2.05, 4.69) is 5.16 Å². The standard InChI is InChI=1S/C11H17NO3S/c1-2-15-9(13)6-16-11-8-4-3-7(5-8)10(11)12-14/h7-8,11,14H,2-6H2,1H3/b12-10-. The number of ether oxygens (including phenoxy) is 1. The summed E-state index contributed by atoms with van der Waals surface area (Å²) in [4.78, 5) is 11.3. The molecule has 0 radical (unpaired) electrons. The van der Waals surface area contributed by atoms with Crippen LogP contribution < -0.4 is 0 Å². The van der Waals surface area contributed by atoms with E-state index < -0.39 is 0 Å². The van der Waals surface area contributed by atoms with Gasteiger partial charge in [-0.2, -0.15) is 0 Å². The molecule has 0 aromatic carbocycles. The van der Waals surface area contributed by atoms with Crippen LogP contribution in [0.1, 0.15) is 26.2 Å². The summed E-state index contributed by atoms with van der Waals surface area (Å²) in [5.74, 6) is 1.23. The van der Waals surface area contributed by atoms with E-state index in [0.29, 0.717) is 24.2 Å². The third-order valence-corrected chi connectivity index (χ3v) is 4.80. The van der Waals surface area contributed by atoms with Gasteiger partial charge >= 0.3 is 5.97 Å². The summed E-state index contributed by atoms with van der Waals surface area (Å²) < 4.78 is 4.89. The minimum atomic E-state index is -0.174.